The number of halogens is 1. The number of ether oxygens (including phenoxy) is 3. The molecule has 2 aliphatic rings. The molecule has 4 rings (SSSR count). The average molecular weight is 575 g/mol. The summed E-state index contributed by atoms with van der Waals surface area (Å²) >= 11 is 7.05. The molecule has 38 heavy (non-hydrogen) atoms. The van der Waals surface area contributed by atoms with Crippen LogP contribution in [0.5, 0.6) is 5.88 Å². The van der Waals surface area contributed by atoms with Gasteiger partial charge < -0.3 is 19.9 Å². The average Bonchev–Trinajstić information content (AvgIpc) is 3.34. The number of nitrogens with two attached hydrogens (primary N) is 1. The summed E-state index contributed by atoms with van der Waals surface area (Å²) in [6.45, 7) is 11.5. The summed E-state index contributed by atoms with van der Waals surface area (Å²) in [5.74, 6) is -0.116. The molecule has 0 spiro atoms. The Hall–Kier alpha value is -2.02. The largest absolute Gasteiger partial charge is 0.476 e. The van der Waals surface area contributed by atoms with Gasteiger partial charge in [-0.25, -0.2) is 14.6 Å². The van der Waals surface area contributed by atoms with E-state index in [2.05, 4.69) is 20.0 Å². The van der Waals surface area contributed by atoms with Gasteiger partial charge in [0.1, 0.15) is 23.7 Å². The first-order valence-electron chi connectivity index (χ1n) is 12.7. The molecule has 0 unspecified atom stereocenters. The second-order valence-corrected chi connectivity index (χ2v) is 12.9. The van der Waals surface area contributed by atoms with Gasteiger partial charge in [0.15, 0.2) is 17.4 Å². The van der Waals surface area contributed by atoms with Crippen molar-refractivity contribution < 1.29 is 32.6 Å². The Kier molecular flexibility index (Phi) is 8.56. The van der Waals surface area contributed by atoms with E-state index in [0.717, 1.165) is 0 Å². The van der Waals surface area contributed by atoms with Gasteiger partial charge in [-0.1, -0.05) is 27.7 Å². The number of nitrogens with one attached hydrogen (secondary N) is 1. The first kappa shape index (κ1) is 29.0. The lowest BCUT2D eigenvalue weighted by molar-refractivity contribution is -0.148. The Labute approximate surface area is 226 Å². The number of nitrogens with zero attached hydrogens (tertiary/aromatic N) is 4. The highest BCUT2D eigenvalue weighted by Gasteiger charge is 2.60. The number of hydrogen-bond acceptors (Lipinski definition) is 11. The van der Waals surface area contributed by atoms with E-state index >= 15 is 0 Å². The van der Waals surface area contributed by atoms with Crippen molar-refractivity contribution in [3.05, 3.63) is 6.33 Å². The predicted molar refractivity (Wildman–Crippen MR) is 140 cm³/mol. The van der Waals surface area contributed by atoms with Crippen LogP contribution < -0.4 is 15.6 Å². The van der Waals surface area contributed by atoms with E-state index in [0.29, 0.717) is 24.2 Å². The van der Waals surface area contributed by atoms with Crippen molar-refractivity contribution in [2.24, 2.45) is 11.8 Å². The van der Waals surface area contributed by atoms with Gasteiger partial charge in [0, 0.05) is 0 Å². The van der Waals surface area contributed by atoms with Crippen molar-refractivity contribution in [2.75, 3.05) is 25.6 Å². The van der Waals surface area contributed by atoms with E-state index in [1.807, 2.05) is 20.8 Å². The second-order valence-electron chi connectivity index (χ2n) is 10.4. The number of imidazole rings is 1. The number of carbonyl (C=O) groups is 1. The third-order valence-corrected chi connectivity index (χ3v) is 8.35. The van der Waals surface area contributed by atoms with Crippen molar-refractivity contribution in [1.82, 2.24) is 24.6 Å². The highest BCUT2D eigenvalue weighted by molar-refractivity contribution is 7.51. The number of nitrogen functional groups attached to an aromatic ring is 1. The van der Waals surface area contributed by atoms with Crippen LogP contribution in [0.4, 0.5) is 5.95 Å². The van der Waals surface area contributed by atoms with Gasteiger partial charge in [-0.2, -0.15) is 9.97 Å². The van der Waals surface area contributed by atoms with E-state index < -0.39 is 37.1 Å². The standard InChI is InChI=1S/C23H36ClN6O7P/c1-7-33-19-16-18(27-22(25)28-19)30(11-26-16)21-23(6,24)17-15(36-21)10-35-38(32,37-17)29-14(8-12(2)3)9-34-20(31)13(4)5/h11-15,17,21H,7-10H2,1-6H3,(H,29,32)(H2,25,27,28)/t14-,15+,17+,21+,23+,38-/m0/s1. The highest BCUT2D eigenvalue weighted by atomic mass is 35.5. The van der Waals surface area contributed by atoms with Crippen LogP contribution in [0.15, 0.2) is 6.33 Å². The van der Waals surface area contributed by atoms with Crippen LogP contribution in [-0.2, 0) is 27.9 Å². The van der Waals surface area contributed by atoms with Gasteiger partial charge in [-0.15, -0.1) is 11.6 Å². The number of esters is 1. The normalized spacial score (nSPS) is 30.1. The molecule has 0 bridgehead atoms. The van der Waals surface area contributed by atoms with Gasteiger partial charge in [0.05, 0.1) is 31.5 Å². The summed E-state index contributed by atoms with van der Waals surface area (Å²) in [5, 5.41) is 2.96. The van der Waals surface area contributed by atoms with Crippen molar-refractivity contribution in [1.29, 1.82) is 0 Å². The van der Waals surface area contributed by atoms with Crippen LogP contribution in [0.2, 0.25) is 0 Å². The van der Waals surface area contributed by atoms with Gasteiger partial charge in [-0.05, 0) is 26.2 Å². The number of aromatic nitrogens is 4. The van der Waals surface area contributed by atoms with E-state index in [1.165, 1.54) is 6.33 Å². The number of rotatable bonds is 10. The van der Waals surface area contributed by atoms with Crippen molar-refractivity contribution in [2.45, 2.75) is 77.3 Å². The Morgan fingerprint density at radius 1 is 1.37 bits per heavy atom. The summed E-state index contributed by atoms with van der Waals surface area (Å²) in [5.41, 5.74) is 6.69. The fraction of sp³-hybridized carbons (Fsp3) is 0.739. The lowest BCUT2D eigenvalue weighted by atomic mass is 10.0. The lowest BCUT2D eigenvalue weighted by Crippen LogP contribution is -2.47. The minimum absolute atomic E-state index is 0.0111. The summed E-state index contributed by atoms with van der Waals surface area (Å²) in [7, 11) is -3.83. The number of anilines is 1. The summed E-state index contributed by atoms with van der Waals surface area (Å²) < 4.78 is 44.2. The van der Waals surface area contributed by atoms with Gasteiger partial charge in [0.2, 0.25) is 11.8 Å². The molecule has 212 valence electrons. The Morgan fingerprint density at radius 2 is 2.11 bits per heavy atom. The molecule has 13 nitrogen and oxygen atoms in total. The molecule has 6 atom stereocenters. The molecule has 2 aliphatic heterocycles. The van der Waals surface area contributed by atoms with E-state index in [9.17, 15) is 9.36 Å². The van der Waals surface area contributed by atoms with Gasteiger partial charge in [0.25, 0.3) is 0 Å². The number of hydrogen-bond donors (Lipinski definition) is 2. The zero-order valence-electron chi connectivity index (χ0n) is 22.4. The molecule has 15 heteroatoms. The first-order chi connectivity index (χ1) is 17.8. The number of fused-ring (bicyclic) bond motifs is 2. The van der Waals surface area contributed by atoms with E-state index in [4.69, 9.17) is 40.6 Å². The second kappa shape index (κ2) is 11.2. The minimum atomic E-state index is -3.83. The van der Waals surface area contributed by atoms with Crippen LogP contribution in [0.25, 0.3) is 11.2 Å². The third-order valence-electron chi connectivity index (χ3n) is 6.28. The summed E-state index contributed by atoms with van der Waals surface area (Å²) in [6, 6.07) is -0.450. The topological polar surface area (TPSA) is 162 Å². The highest BCUT2D eigenvalue weighted by Crippen LogP contribution is 2.58. The van der Waals surface area contributed by atoms with Crippen molar-refractivity contribution >= 4 is 42.4 Å². The molecular formula is C23H36ClN6O7P. The van der Waals surface area contributed by atoms with Crippen LogP contribution in [0.3, 0.4) is 0 Å². The molecule has 3 N–H and O–H groups in total. The quantitative estimate of drug-likeness (QED) is 0.242. The Bertz CT molecular complexity index is 1210. The molecule has 2 aromatic rings. The Balaban J connectivity index is 1.55. The first-order valence-corrected chi connectivity index (χ1v) is 14.6. The smallest absolute Gasteiger partial charge is 0.406 e. The maximum atomic E-state index is 13.7. The zero-order valence-corrected chi connectivity index (χ0v) is 24.1. The lowest BCUT2D eigenvalue weighted by Gasteiger charge is -2.36. The predicted octanol–water partition coefficient (Wildman–Crippen LogP) is 3.43. The van der Waals surface area contributed by atoms with E-state index in [1.54, 1.807) is 25.3 Å². The fourth-order valence-electron chi connectivity index (χ4n) is 4.54. The van der Waals surface area contributed by atoms with Crippen LogP contribution >= 0.6 is 19.3 Å². The molecule has 4 heterocycles. The monoisotopic (exact) mass is 574 g/mol. The SMILES string of the molecule is CCOc1nc(N)nc2c1ncn2[C@@H]1O[C@@H]2CO[P@@](=O)(N[C@H](COC(=O)C(C)C)CC(C)C)O[C@H]2[C@@]1(C)Cl. The fourth-order valence-corrected chi connectivity index (χ4v) is 6.77. The molecule has 0 radical (unpaired) electrons. The molecule has 2 fully saturated rings. The van der Waals surface area contributed by atoms with Gasteiger partial charge in [-0.3, -0.25) is 18.4 Å². The molecule has 2 saturated heterocycles. The molecule has 0 aromatic carbocycles. The Morgan fingerprint density at radius 3 is 2.76 bits per heavy atom. The van der Waals surface area contributed by atoms with Crippen LogP contribution in [-0.4, -0.2) is 68.4 Å². The zero-order chi connectivity index (χ0) is 27.8. The molecule has 0 amide bonds. The third kappa shape index (κ3) is 5.93. The maximum absolute atomic E-state index is 13.7. The minimum Gasteiger partial charge on any atom is -0.476 e. The van der Waals surface area contributed by atoms with Crippen molar-refractivity contribution in [3.8, 4) is 5.88 Å². The molecular weight excluding hydrogens is 539 g/mol. The van der Waals surface area contributed by atoms with Crippen LogP contribution in [0.1, 0.15) is 54.2 Å². The van der Waals surface area contributed by atoms with E-state index in [-0.39, 0.29) is 42.8 Å². The number of alkyl halides is 1. The van der Waals surface area contributed by atoms with Crippen LogP contribution in [0, 0.1) is 11.8 Å². The summed E-state index contributed by atoms with van der Waals surface area (Å²) in [6.07, 6.45) is -0.123. The maximum Gasteiger partial charge on any atom is 0.406 e. The van der Waals surface area contributed by atoms with Gasteiger partial charge >= 0.3 is 13.7 Å². The summed E-state index contributed by atoms with van der Waals surface area (Å²) in [4.78, 5) is 23.6. The van der Waals surface area contributed by atoms with Crippen molar-refractivity contribution in [3.63, 3.8) is 0 Å². The molecule has 2 aromatic heterocycles. The number of carbonyl (C=O) groups excluding carboxylic acids is 1. The molecule has 0 aliphatic carbocycles. The molecule has 0 saturated carbocycles.